The fourth-order valence-electron chi connectivity index (χ4n) is 0.900. The van der Waals surface area contributed by atoms with Gasteiger partial charge in [-0.2, -0.15) is 4.99 Å². The summed E-state index contributed by atoms with van der Waals surface area (Å²) in [5, 5.41) is 0. The van der Waals surface area contributed by atoms with Crippen molar-refractivity contribution in [1.29, 1.82) is 0 Å². The minimum absolute atomic E-state index is 0.0312. The second-order valence-corrected chi connectivity index (χ2v) is 4.05. The fraction of sp³-hybridized carbons (Fsp3) is 0.200. The number of hydrogen-bond acceptors (Lipinski definition) is 1. The molecular weight excluding hydrogens is 263 g/mol. The van der Waals surface area contributed by atoms with Crippen molar-refractivity contribution in [3.8, 4) is 0 Å². The van der Waals surface area contributed by atoms with Crippen molar-refractivity contribution < 1.29 is 9.18 Å². The highest BCUT2D eigenvalue weighted by Gasteiger charge is 2.09. The van der Waals surface area contributed by atoms with Crippen LogP contribution in [0.25, 0.3) is 0 Å². The van der Waals surface area contributed by atoms with Gasteiger partial charge in [0.1, 0.15) is 5.82 Å². The summed E-state index contributed by atoms with van der Waals surface area (Å²) in [6, 6.07) is 4.23. The van der Waals surface area contributed by atoms with Crippen LogP contribution >= 0.6 is 15.9 Å². The Hall–Kier alpha value is -1.23. The molecule has 0 radical (unpaired) electrons. The molecule has 1 aromatic carbocycles. The normalized spacial score (nSPS) is 10.7. The van der Waals surface area contributed by atoms with Crippen LogP contribution in [0.5, 0.6) is 0 Å². The summed E-state index contributed by atoms with van der Waals surface area (Å²) in [7, 11) is 3.46. The zero-order valence-electron chi connectivity index (χ0n) is 8.37. The highest BCUT2D eigenvalue weighted by atomic mass is 79.9. The predicted molar refractivity (Wildman–Crippen MR) is 60.6 cm³/mol. The Morgan fingerprint density at radius 1 is 1.53 bits per heavy atom. The number of rotatable bonds is 2. The van der Waals surface area contributed by atoms with Crippen LogP contribution in [0.4, 0.5) is 4.39 Å². The SMILES string of the molecule is CN(C)/C=N\C(=O)c1ccc(Br)cc1F. The van der Waals surface area contributed by atoms with Crippen molar-refractivity contribution in [1.82, 2.24) is 4.90 Å². The number of amides is 1. The summed E-state index contributed by atoms with van der Waals surface area (Å²) >= 11 is 3.11. The third-order valence-electron chi connectivity index (χ3n) is 1.57. The maximum Gasteiger partial charge on any atom is 0.281 e. The second-order valence-electron chi connectivity index (χ2n) is 3.14. The van der Waals surface area contributed by atoms with Gasteiger partial charge in [-0.25, -0.2) is 4.39 Å². The van der Waals surface area contributed by atoms with E-state index in [2.05, 4.69) is 20.9 Å². The lowest BCUT2D eigenvalue weighted by molar-refractivity contribution is 0.0998. The van der Waals surface area contributed by atoms with Gasteiger partial charge in [0.25, 0.3) is 5.91 Å². The number of benzene rings is 1. The standard InChI is InChI=1S/C10H10BrFN2O/c1-14(2)6-13-10(15)8-4-3-7(11)5-9(8)12/h3-6H,1-2H3/b13-6-. The molecule has 0 bridgehead atoms. The van der Waals surface area contributed by atoms with Crippen LogP contribution in [0.1, 0.15) is 10.4 Å². The zero-order chi connectivity index (χ0) is 11.4. The monoisotopic (exact) mass is 272 g/mol. The molecule has 1 aromatic rings. The van der Waals surface area contributed by atoms with Crippen molar-refractivity contribution in [3.05, 3.63) is 34.1 Å². The van der Waals surface area contributed by atoms with Gasteiger partial charge in [0.15, 0.2) is 0 Å². The average Bonchev–Trinajstić information content (AvgIpc) is 2.14. The number of aliphatic imine (C=N–C) groups is 1. The van der Waals surface area contributed by atoms with Gasteiger partial charge in [0.2, 0.25) is 0 Å². The zero-order valence-corrected chi connectivity index (χ0v) is 9.95. The molecular formula is C10H10BrFN2O. The van der Waals surface area contributed by atoms with E-state index in [9.17, 15) is 9.18 Å². The Labute approximate surface area is 95.7 Å². The molecule has 0 aliphatic heterocycles. The smallest absolute Gasteiger partial charge is 0.281 e. The van der Waals surface area contributed by atoms with E-state index in [0.29, 0.717) is 4.47 Å². The molecule has 0 fully saturated rings. The minimum atomic E-state index is -0.589. The lowest BCUT2D eigenvalue weighted by Crippen LogP contribution is -2.10. The van der Waals surface area contributed by atoms with E-state index in [1.54, 1.807) is 25.1 Å². The van der Waals surface area contributed by atoms with Crippen LogP contribution in [-0.4, -0.2) is 31.2 Å². The highest BCUT2D eigenvalue weighted by Crippen LogP contribution is 2.15. The summed E-state index contributed by atoms with van der Waals surface area (Å²) in [5.41, 5.74) is -0.0312. The van der Waals surface area contributed by atoms with Gasteiger partial charge in [-0.15, -0.1) is 0 Å². The Kier molecular flexibility index (Phi) is 3.96. The molecule has 0 spiro atoms. The van der Waals surface area contributed by atoms with E-state index in [-0.39, 0.29) is 5.56 Å². The lowest BCUT2D eigenvalue weighted by Gasteiger charge is -2.02. The number of hydrogen-bond donors (Lipinski definition) is 0. The molecule has 80 valence electrons. The second kappa shape index (κ2) is 5.02. The maximum absolute atomic E-state index is 13.3. The van der Waals surface area contributed by atoms with Gasteiger partial charge < -0.3 is 4.90 Å². The van der Waals surface area contributed by atoms with Crippen LogP contribution in [0.3, 0.4) is 0 Å². The van der Waals surface area contributed by atoms with Crippen molar-refractivity contribution in [2.24, 2.45) is 4.99 Å². The Morgan fingerprint density at radius 2 is 2.20 bits per heavy atom. The van der Waals surface area contributed by atoms with Gasteiger partial charge in [0, 0.05) is 18.6 Å². The van der Waals surface area contributed by atoms with Gasteiger partial charge in [-0.3, -0.25) is 4.79 Å². The third kappa shape index (κ3) is 3.43. The largest absolute Gasteiger partial charge is 0.369 e. The van der Waals surface area contributed by atoms with E-state index < -0.39 is 11.7 Å². The number of carbonyl (C=O) groups excluding carboxylic acids is 1. The summed E-state index contributed by atoms with van der Waals surface area (Å²) in [6.45, 7) is 0. The molecule has 0 aliphatic rings. The predicted octanol–water partition coefficient (Wildman–Crippen LogP) is 2.32. The maximum atomic E-state index is 13.3. The molecule has 0 aliphatic carbocycles. The molecule has 0 N–H and O–H groups in total. The van der Waals surface area contributed by atoms with E-state index >= 15 is 0 Å². The molecule has 0 heterocycles. The fourth-order valence-corrected chi connectivity index (χ4v) is 1.23. The number of halogens is 2. The van der Waals surface area contributed by atoms with Crippen LogP contribution in [0.15, 0.2) is 27.7 Å². The molecule has 15 heavy (non-hydrogen) atoms. The summed E-state index contributed by atoms with van der Waals surface area (Å²) in [6.07, 6.45) is 1.34. The first-order valence-corrected chi connectivity index (χ1v) is 5.00. The van der Waals surface area contributed by atoms with Crippen molar-refractivity contribution in [2.75, 3.05) is 14.1 Å². The van der Waals surface area contributed by atoms with Gasteiger partial charge in [0.05, 0.1) is 11.9 Å². The Morgan fingerprint density at radius 3 is 2.73 bits per heavy atom. The number of carbonyl (C=O) groups is 1. The van der Waals surface area contributed by atoms with Gasteiger partial charge >= 0.3 is 0 Å². The molecule has 0 saturated carbocycles. The molecule has 0 aromatic heterocycles. The van der Waals surface area contributed by atoms with Crippen LogP contribution < -0.4 is 0 Å². The first kappa shape index (κ1) is 11.8. The Bertz CT molecular complexity index is 404. The summed E-state index contributed by atoms with van der Waals surface area (Å²) < 4.78 is 13.9. The first-order valence-electron chi connectivity index (χ1n) is 4.20. The summed E-state index contributed by atoms with van der Waals surface area (Å²) in [4.78, 5) is 16.6. The molecule has 1 rings (SSSR count). The van der Waals surface area contributed by atoms with Crippen LogP contribution in [-0.2, 0) is 0 Å². The first-order chi connectivity index (χ1) is 7.00. The van der Waals surface area contributed by atoms with E-state index in [1.807, 2.05) is 0 Å². The van der Waals surface area contributed by atoms with E-state index in [0.717, 1.165) is 0 Å². The molecule has 0 unspecified atom stereocenters. The average molecular weight is 273 g/mol. The minimum Gasteiger partial charge on any atom is -0.369 e. The topological polar surface area (TPSA) is 32.7 Å². The number of nitrogens with zero attached hydrogens (tertiary/aromatic N) is 2. The Balaban J connectivity index is 2.92. The molecule has 0 atom stereocenters. The van der Waals surface area contributed by atoms with E-state index in [4.69, 9.17) is 0 Å². The highest BCUT2D eigenvalue weighted by molar-refractivity contribution is 9.10. The molecule has 5 heteroatoms. The van der Waals surface area contributed by atoms with Gasteiger partial charge in [-0.05, 0) is 18.2 Å². The molecule has 1 amide bonds. The quantitative estimate of drug-likeness (QED) is 0.612. The third-order valence-corrected chi connectivity index (χ3v) is 2.06. The molecule has 0 saturated heterocycles. The van der Waals surface area contributed by atoms with Crippen molar-refractivity contribution in [3.63, 3.8) is 0 Å². The van der Waals surface area contributed by atoms with Crippen molar-refractivity contribution >= 4 is 28.2 Å². The van der Waals surface area contributed by atoms with Gasteiger partial charge in [-0.1, -0.05) is 15.9 Å². The van der Waals surface area contributed by atoms with E-state index in [1.165, 1.54) is 18.5 Å². The van der Waals surface area contributed by atoms with Crippen molar-refractivity contribution in [2.45, 2.75) is 0 Å². The molecule has 3 nitrogen and oxygen atoms in total. The van der Waals surface area contributed by atoms with Crippen LogP contribution in [0, 0.1) is 5.82 Å². The lowest BCUT2D eigenvalue weighted by atomic mass is 10.2. The summed E-state index contributed by atoms with van der Waals surface area (Å²) in [5.74, 6) is -1.17. The van der Waals surface area contributed by atoms with Crippen LogP contribution in [0.2, 0.25) is 0 Å².